The molecule has 0 bridgehead atoms. The average molecular weight is 348 g/mol. The summed E-state index contributed by atoms with van der Waals surface area (Å²) in [6.45, 7) is 6.35. The van der Waals surface area contributed by atoms with Crippen molar-refractivity contribution in [1.29, 1.82) is 0 Å². The number of benzene rings is 1. The van der Waals surface area contributed by atoms with Gasteiger partial charge in [0.05, 0.1) is 6.20 Å². The molecule has 6 nitrogen and oxygen atoms in total. The fourth-order valence-corrected chi connectivity index (χ4v) is 2.76. The van der Waals surface area contributed by atoms with E-state index >= 15 is 0 Å². The summed E-state index contributed by atoms with van der Waals surface area (Å²) in [5, 5.41) is 1.15. The number of aryl methyl sites for hydroxylation is 2. The second-order valence-electron chi connectivity index (χ2n) is 6.06. The zero-order valence-corrected chi connectivity index (χ0v) is 15.0. The van der Waals surface area contributed by atoms with Crippen molar-refractivity contribution in [1.82, 2.24) is 14.5 Å². The molecule has 24 heavy (non-hydrogen) atoms. The van der Waals surface area contributed by atoms with Gasteiger partial charge in [0.25, 0.3) is 0 Å². The van der Waals surface area contributed by atoms with Crippen molar-refractivity contribution in [3.8, 4) is 11.5 Å². The molecule has 2 aromatic heterocycles. The van der Waals surface area contributed by atoms with E-state index in [4.69, 9.17) is 16.2 Å². The zero-order chi connectivity index (χ0) is 16.7. The zero-order valence-electron chi connectivity index (χ0n) is 14.2. The first-order valence-electron chi connectivity index (χ1n) is 7.52. The molecule has 0 saturated heterocycles. The molecule has 0 spiro atoms. The number of anilines is 2. The van der Waals surface area contributed by atoms with E-state index in [2.05, 4.69) is 53.6 Å². The van der Waals surface area contributed by atoms with Crippen molar-refractivity contribution >= 4 is 35.1 Å². The van der Waals surface area contributed by atoms with Crippen LogP contribution in [0.1, 0.15) is 30.9 Å². The molecule has 7 heteroatoms. The number of nitrogen functional groups attached to an aromatic ring is 2. The van der Waals surface area contributed by atoms with Gasteiger partial charge in [0.15, 0.2) is 11.6 Å². The van der Waals surface area contributed by atoms with Gasteiger partial charge in [-0.25, -0.2) is 4.98 Å². The number of aromatic nitrogens is 3. The fraction of sp³-hybridized carbons (Fsp3) is 0.294. The monoisotopic (exact) mass is 347 g/mol. The second-order valence-corrected chi connectivity index (χ2v) is 6.06. The smallest absolute Gasteiger partial charge is 0.222 e. The minimum absolute atomic E-state index is 0. The lowest BCUT2D eigenvalue weighted by atomic mass is 10.00. The summed E-state index contributed by atoms with van der Waals surface area (Å²) in [4.78, 5) is 7.90. The highest BCUT2D eigenvalue weighted by Gasteiger charge is 2.15. The van der Waals surface area contributed by atoms with Crippen LogP contribution < -0.4 is 16.2 Å². The molecular weight excluding hydrogens is 326 g/mol. The molecule has 0 unspecified atom stereocenters. The van der Waals surface area contributed by atoms with Gasteiger partial charge in [-0.2, -0.15) is 4.98 Å². The highest BCUT2D eigenvalue weighted by atomic mass is 35.5. The van der Waals surface area contributed by atoms with Crippen molar-refractivity contribution < 1.29 is 4.74 Å². The number of fused-ring (bicyclic) bond motifs is 1. The van der Waals surface area contributed by atoms with E-state index in [1.165, 1.54) is 17.3 Å². The lowest BCUT2D eigenvalue weighted by Gasteiger charge is -2.15. The predicted molar refractivity (Wildman–Crippen MR) is 99.9 cm³/mol. The molecule has 0 aliphatic heterocycles. The van der Waals surface area contributed by atoms with E-state index in [1.54, 1.807) is 0 Å². The van der Waals surface area contributed by atoms with Crippen molar-refractivity contribution in [3.63, 3.8) is 0 Å². The molecule has 0 aliphatic rings. The van der Waals surface area contributed by atoms with Gasteiger partial charge >= 0.3 is 0 Å². The van der Waals surface area contributed by atoms with Gasteiger partial charge in [0, 0.05) is 24.1 Å². The molecule has 0 radical (unpaired) electrons. The summed E-state index contributed by atoms with van der Waals surface area (Å²) in [6.07, 6.45) is 3.61. The van der Waals surface area contributed by atoms with Gasteiger partial charge in [-0.15, -0.1) is 12.4 Å². The van der Waals surface area contributed by atoms with Crippen LogP contribution in [0.2, 0.25) is 0 Å². The molecular formula is C17H22ClN5O. The average Bonchev–Trinajstić information content (AvgIpc) is 2.75. The summed E-state index contributed by atoms with van der Waals surface area (Å²) in [5.41, 5.74) is 14.9. The van der Waals surface area contributed by atoms with E-state index in [-0.39, 0.29) is 24.2 Å². The van der Waals surface area contributed by atoms with Gasteiger partial charge in [-0.05, 0) is 36.1 Å². The molecule has 0 saturated carbocycles. The topological polar surface area (TPSA) is 92.0 Å². The number of ether oxygens (including phenoxy) is 1. The maximum absolute atomic E-state index is 6.01. The van der Waals surface area contributed by atoms with E-state index < -0.39 is 0 Å². The van der Waals surface area contributed by atoms with Gasteiger partial charge in [-0.3, -0.25) is 0 Å². The number of halogens is 1. The van der Waals surface area contributed by atoms with Crippen molar-refractivity contribution in [2.24, 2.45) is 7.05 Å². The van der Waals surface area contributed by atoms with Gasteiger partial charge in [0.2, 0.25) is 5.95 Å². The Bertz CT molecular complexity index is 888. The SMILES string of the molecule is Cc1cn(C)c2cc(C(C)C)c(Oc3cnc(N)nc3N)cc12.Cl. The normalized spacial score (nSPS) is 10.9. The predicted octanol–water partition coefficient (Wildman–Crippen LogP) is 3.78. The van der Waals surface area contributed by atoms with Crippen LogP contribution in [0.5, 0.6) is 11.5 Å². The van der Waals surface area contributed by atoms with E-state index in [1.807, 2.05) is 7.05 Å². The lowest BCUT2D eigenvalue weighted by Crippen LogP contribution is -2.02. The van der Waals surface area contributed by atoms with Gasteiger partial charge in [0.1, 0.15) is 5.75 Å². The Morgan fingerprint density at radius 3 is 2.50 bits per heavy atom. The molecule has 3 rings (SSSR count). The van der Waals surface area contributed by atoms with Crippen LogP contribution >= 0.6 is 12.4 Å². The molecule has 128 valence electrons. The minimum Gasteiger partial charge on any atom is -0.452 e. The number of rotatable bonds is 3. The van der Waals surface area contributed by atoms with Crippen molar-refractivity contribution in [2.75, 3.05) is 11.5 Å². The van der Waals surface area contributed by atoms with Crippen LogP contribution in [0.3, 0.4) is 0 Å². The minimum atomic E-state index is 0. The number of nitrogens with zero attached hydrogens (tertiary/aromatic N) is 3. The van der Waals surface area contributed by atoms with Crippen LogP contribution in [0, 0.1) is 6.92 Å². The lowest BCUT2D eigenvalue weighted by molar-refractivity contribution is 0.472. The molecule has 0 aliphatic carbocycles. The van der Waals surface area contributed by atoms with Crippen LogP contribution in [0.25, 0.3) is 10.9 Å². The third kappa shape index (κ3) is 3.10. The number of nitrogens with two attached hydrogens (primary N) is 2. The Balaban J connectivity index is 0.00000208. The summed E-state index contributed by atoms with van der Waals surface area (Å²) in [7, 11) is 2.05. The molecule has 2 heterocycles. The van der Waals surface area contributed by atoms with E-state index in [0.29, 0.717) is 11.7 Å². The maximum atomic E-state index is 6.01. The third-order valence-electron chi connectivity index (χ3n) is 3.96. The first kappa shape index (κ1) is 17.9. The Hall–Kier alpha value is -2.47. The van der Waals surface area contributed by atoms with E-state index in [9.17, 15) is 0 Å². The summed E-state index contributed by atoms with van der Waals surface area (Å²) in [6, 6.07) is 4.21. The van der Waals surface area contributed by atoms with Crippen LogP contribution in [-0.2, 0) is 7.05 Å². The third-order valence-corrected chi connectivity index (χ3v) is 3.96. The van der Waals surface area contributed by atoms with Crippen LogP contribution in [-0.4, -0.2) is 14.5 Å². The van der Waals surface area contributed by atoms with Crippen molar-refractivity contribution in [2.45, 2.75) is 26.7 Å². The number of hydrogen-bond donors (Lipinski definition) is 2. The summed E-state index contributed by atoms with van der Waals surface area (Å²) < 4.78 is 8.14. The van der Waals surface area contributed by atoms with E-state index in [0.717, 1.165) is 16.7 Å². The highest BCUT2D eigenvalue weighted by Crippen LogP contribution is 2.36. The summed E-state index contributed by atoms with van der Waals surface area (Å²) in [5.74, 6) is 1.85. The van der Waals surface area contributed by atoms with Crippen LogP contribution in [0.4, 0.5) is 11.8 Å². The molecule has 0 amide bonds. The first-order valence-corrected chi connectivity index (χ1v) is 7.52. The Morgan fingerprint density at radius 1 is 1.17 bits per heavy atom. The molecule has 0 fully saturated rings. The highest BCUT2D eigenvalue weighted by molar-refractivity contribution is 5.86. The van der Waals surface area contributed by atoms with Crippen LogP contribution in [0.15, 0.2) is 24.5 Å². The Labute approximate surface area is 147 Å². The molecule has 1 aromatic carbocycles. The van der Waals surface area contributed by atoms with Gasteiger partial charge in [-0.1, -0.05) is 13.8 Å². The molecule has 3 aromatic rings. The Kier molecular flexibility index (Phi) is 4.89. The van der Waals surface area contributed by atoms with Gasteiger partial charge < -0.3 is 20.8 Å². The summed E-state index contributed by atoms with van der Waals surface area (Å²) >= 11 is 0. The fourth-order valence-electron chi connectivity index (χ4n) is 2.76. The largest absolute Gasteiger partial charge is 0.452 e. The Morgan fingerprint density at radius 2 is 1.88 bits per heavy atom. The molecule has 4 N–H and O–H groups in total. The number of hydrogen-bond acceptors (Lipinski definition) is 5. The van der Waals surface area contributed by atoms with Crippen molar-refractivity contribution in [3.05, 3.63) is 35.7 Å². The maximum Gasteiger partial charge on any atom is 0.222 e. The molecule has 0 atom stereocenters. The quantitative estimate of drug-likeness (QED) is 0.752. The first-order chi connectivity index (χ1) is 10.9. The standard InChI is InChI=1S/C17H21N5O.ClH/c1-9(2)11-5-13-12(10(3)8-22(13)4)6-14(11)23-15-7-20-17(19)21-16(15)18;/h5-9H,1-4H3,(H4,18,19,20,21);1H. The second kappa shape index (κ2) is 6.57.